The predicted molar refractivity (Wildman–Crippen MR) is 131 cm³/mol. The first-order valence-corrected chi connectivity index (χ1v) is 12.5. The van der Waals surface area contributed by atoms with Crippen molar-refractivity contribution in [2.45, 2.75) is 9.79 Å². The first-order valence-electron chi connectivity index (χ1n) is 8.75. The highest BCUT2D eigenvalue weighted by atomic mass is 79.9. The number of benzene rings is 4. The van der Waals surface area contributed by atoms with Crippen LogP contribution in [-0.4, -0.2) is 0 Å². The SMILES string of the molecule is Brc1ccccc1-c1ccc(SSc2ccc(-c3ccccc3Br)cc2)cc1. The average molecular weight is 528 g/mol. The van der Waals surface area contributed by atoms with E-state index in [1.165, 1.54) is 32.0 Å². The van der Waals surface area contributed by atoms with Crippen LogP contribution in [0.4, 0.5) is 0 Å². The van der Waals surface area contributed by atoms with Crippen LogP contribution in [0.1, 0.15) is 0 Å². The van der Waals surface area contributed by atoms with Crippen molar-refractivity contribution in [1.29, 1.82) is 0 Å². The third-order valence-electron chi connectivity index (χ3n) is 4.31. The smallest absolute Gasteiger partial charge is 0.0253 e. The Morgan fingerprint density at radius 2 is 0.786 bits per heavy atom. The molecule has 0 aliphatic heterocycles. The summed E-state index contributed by atoms with van der Waals surface area (Å²) in [5.41, 5.74) is 4.88. The van der Waals surface area contributed by atoms with Crippen LogP contribution >= 0.6 is 53.4 Å². The van der Waals surface area contributed by atoms with Crippen molar-refractivity contribution in [2.75, 3.05) is 0 Å². The Kier molecular flexibility index (Phi) is 6.63. The minimum Gasteiger partial charge on any atom is -0.0616 e. The Bertz CT molecular complexity index is 985. The number of hydrogen-bond acceptors (Lipinski definition) is 2. The summed E-state index contributed by atoms with van der Waals surface area (Å²) in [5.74, 6) is 0. The standard InChI is InChI=1S/C24H16Br2S2/c25-23-7-3-1-5-21(23)17-9-13-19(14-10-17)27-28-20-15-11-18(12-16-20)22-6-2-4-8-24(22)26/h1-16H. The second kappa shape index (κ2) is 9.36. The molecular weight excluding hydrogens is 512 g/mol. The van der Waals surface area contributed by atoms with E-state index in [2.05, 4.69) is 117 Å². The van der Waals surface area contributed by atoms with Crippen molar-refractivity contribution in [3.05, 3.63) is 106 Å². The van der Waals surface area contributed by atoms with Gasteiger partial charge in [-0.1, -0.05) is 114 Å². The van der Waals surface area contributed by atoms with E-state index < -0.39 is 0 Å². The van der Waals surface area contributed by atoms with Gasteiger partial charge >= 0.3 is 0 Å². The zero-order chi connectivity index (χ0) is 19.3. The lowest BCUT2D eigenvalue weighted by atomic mass is 10.1. The van der Waals surface area contributed by atoms with E-state index in [1.807, 2.05) is 12.1 Å². The molecule has 0 saturated heterocycles. The molecule has 4 aromatic carbocycles. The van der Waals surface area contributed by atoms with Crippen molar-refractivity contribution in [3.8, 4) is 22.3 Å². The molecular formula is C24H16Br2S2. The lowest BCUT2D eigenvalue weighted by Gasteiger charge is -2.07. The lowest BCUT2D eigenvalue weighted by Crippen LogP contribution is -1.80. The topological polar surface area (TPSA) is 0 Å². The van der Waals surface area contributed by atoms with E-state index >= 15 is 0 Å². The Morgan fingerprint density at radius 3 is 1.14 bits per heavy atom. The second-order valence-corrected chi connectivity index (χ2v) is 10.2. The van der Waals surface area contributed by atoms with Crippen LogP contribution in [0.3, 0.4) is 0 Å². The molecule has 28 heavy (non-hydrogen) atoms. The van der Waals surface area contributed by atoms with Gasteiger partial charge < -0.3 is 0 Å². The molecule has 0 bridgehead atoms. The van der Waals surface area contributed by atoms with Gasteiger partial charge in [0.1, 0.15) is 0 Å². The molecule has 0 spiro atoms. The molecule has 0 atom stereocenters. The molecule has 0 heterocycles. The van der Waals surface area contributed by atoms with E-state index in [0.29, 0.717) is 0 Å². The quantitative estimate of drug-likeness (QED) is 0.237. The maximum absolute atomic E-state index is 3.63. The molecule has 0 aliphatic rings. The Morgan fingerprint density at radius 1 is 0.429 bits per heavy atom. The molecule has 0 amide bonds. The summed E-state index contributed by atoms with van der Waals surface area (Å²) in [6.07, 6.45) is 0. The van der Waals surface area contributed by atoms with Gasteiger partial charge in [0.05, 0.1) is 0 Å². The molecule has 0 nitrogen and oxygen atoms in total. The van der Waals surface area contributed by atoms with Crippen LogP contribution in [-0.2, 0) is 0 Å². The summed E-state index contributed by atoms with van der Waals surface area (Å²) in [6, 6.07) is 34.1. The largest absolute Gasteiger partial charge is 0.0616 e. The molecule has 0 N–H and O–H groups in total. The number of halogens is 2. The number of rotatable bonds is 5. The van der Waals surface area contributed by atoms with E-state index in [0.717, 1.165) is 8.95 Å². The van der Waals surface area contributed by atoms with E-state index in [1.54, 1.807) is 21.6 Å². The van der Waals surface area contributed by atoms with Crippen LogP contribution < -0.4 is 0 Å². The van der Waals surface area contributed by atoms with Crippen molar-refractivity contribution in [2.24, 2.45) is 0 Å². The van der Waals surface area contributed by atoms with Crippen LogP contribution in [0.2, 0.25) is 0 Å². The maximum atomic E-state index is 3.63. The first kappa shape index (κ1) is 19.8. The highest BCUT2D eigenvalue weighted by Gasteiger charge is 2.05. The van der Waals surface area contributed by atoms with Crippen molar-refractivity contribution in [1.82, 2.24) is 0 Å². The Hall–Kier alpha value is -1.46. The lowest BCUT2D eigenvalue weighted by molar-refractivity contribution is 1.45. The van der Waals surface area contributed by atoms with Gasteiger partial charge in [0, 0.05) is 18.7 Å². The normalized spacial score (nSPS) is 10.8. The van der Waals surface area contributed by atoms with Crippen molar-refractivity contribution >= 4 is 53.4 Å². The fourth-order valence-electron chi connectivity index (χ4n) is 2.87. The molecule has 0 saturated carbocycles. The molecule has 0 aromatic heterocycles. The van der Waals surface area contributed by atoms with E-state index in [-0.39, 0.29) is 0 Å². The molecule has 0 radical (unpaired) electrons. The third-order valence-corrected chi connectivity index (χ3v) is 8.11. The van der Waals surface area contributed by atoms with Gasteiger partial charge in [0.15, 0.2) is 0 Å². The van der Waals surface area contributed by atoms with Crippen LogP contribution in [0.15, 0.2) is 116 Å². The summed E-state index contributed by atoms with van der Waals surface area (Å²) in [4.78, 5) is 2.49. The molecule has 4 rings (SSSR count). The van der Waals surface area contributed by atoms with Gasteiger partial charge in [-0.15, -0.1) is 0 Å². The van der Waals surface area contributed by atoms with Crippen LogP contribution in [0.5, 0.6) is 0 Å². The van der Waals surface area contributed by atoms with Gasteiger partial charge in [-0.05, 0) is 58.7 Å². The predicted octanol–water partition coefficient (Wildman–Crippen LogP) is 9.34. The summed E-state index contributed by atoms with van der Waals surface area (Å²) in [7, 11) is 3.56. The fourth-order valence-corrected chi connectivity index (χ4v) is 5.83. The Balaban J connectivity index is 1.42. The summed E-state index contributed by atoms with van der Waals surface area (Å²) in [5, 5.41) is 0. The van der Waals surface area contributed by atoms with Gasteiger partial charge in [0.2, 0.25) is 0 Å². The molecule has 4 aromatic rings. The minimum atomic E-state index is 1.12. The minimum absolute atomic E-state index is 1.12. The van der Waals surface area contributed by atoms with Gasteiger partial charge in [-0.2, -0.15) is 0 Å². The van der Waals surface area contributed by atoms with Gasteiger partial charge in [-0.25, -0.2) is 0 Å². The Labute approximate surface area is 190 Å². The maximum Gasteiger partial charge on any atom is 0.0253 e. The van der Waals surface area contributed by atoms with E-state index in [9.17, 15) is 0 Å². The van der Waals surface area contributed by atoms with Crippen molar-refractivity contribution in [3.63, 3.8) is 0 Å². The third kappa shape index (κ3) is 4.74. The molecule has 4 heteroatoms. The summed E-state index contributed by atoms with van der Waals surface area (Å²) >= 11 is 7.26. The highest BCUT2D eigenvalue weighted by Crippen LogP contribution is 2.39. The number of hydrogen-bond donors (Lipinski definition) is 0. The van der Waals surface area contributed by atoms with Crippen molar-refractivity contribution < 1.29 is 0 Å². The summed E-state index contributed by atoms with van der Waals surface area (Å²) < 4.78 is 2.24. The van der Waals surface area contributed by atoms with Gasteiger partial charge in [-0.3, -0.25) is 0 Å². The monoisotopic (exact) mass is 526 g/mol. The second-order valence-electron chi connectivity index (χ2n) is 6.18. The van der Waals surface area contributed by atoms with E-state index in [4.69, 9.17) is 0 Å². The summed E-state index contributed by atoms with van der Waals surface area (Å²) in [6.45, 7) is 0. The fraction of sp³-hybridized carbons (Fsp3) is 0. The van der Waals surface area contributed by atoms with Crippen LogP contribution in [0, 0.1) is 0 Å². The molecule has 138 valence electrons. The molecule has 0 aliphatic carbocycles. The highest BCUT2D eigenvalue weighted by molar-refractivity contribution is 9.11. The average Bonchev–Trinajstić information content (AvgIpc) is 2.74. The first-order chi connectivity index (χ1) is 13.7. The molecule has 0 fully saturated rings. The van der Waals surface area contributed by atoms with Gasteiger partial charge in [0.25, 0.3) is 0 Å². The van der Waals surface area contributed by atoms with Crippen LogP contribution in [0.25, 0.3) is 22.3 Å². The zero-order valence-electron chi connectivity index (χ0n) is 14.8. The zero-order valence-corrected chi connectivity index (χ0v) is 19.6. The molecule has 0 unspecified atom stereocenters.